The third-order valence-electron chi connectivity index (χ3n) is 1.54. The molecule has 52 valence electrons. The zero-order chi connectivity index (χ0) is 6.53. The molecule has 0 bridgehead atoms. The van der Waals surface area contributed by atoms with Crippen LogP contribution in [-0.4, -0.2) is 31.2 Å². The van der Waals surface area contributed by atoms with Crippen LogP contribution in [0.2, 0.25) is 0 Å². The molecule has 9 heavy (non-hydrogen) atoms. The zero-order valence-electron chi connectivity index (χ0n) is 5.93. The molecule has 0 amide bonds. The Bertz CT molecular complexity index is 93.1. The summed E-state index contributed by atoms with van der Waals surface area (Å²) in [6.45, 7) is 6.57. The van der Waals surface area contributed by atoms with Gasteiger partial charge in [-0.15, -0.1) is 0 Å². The van der Waals surface area contributed by atoms with Crippen LogP contribution in [0.1, 0.15) is 6.92 Å². The lowest BCUT2D eigenvalue weighted by Gasteiger charge is -2.08. The van der Waals surface area contributed by atoms with E-state index in [1.165, 1.54) is 6.54 Å². The summed E-state index contributed by atoms with van der Waals surface area (Å²) in [5.74, 6) is 0. The highest BCUT2D eigenvalue weighted by atomic mass is 15.3. The monoisotopic (exact) mass is 126 g/mol. The smallest absolute Gasteiger partial charge is 0.0484 e. The van der Waals surface area contributed by atoms with Gasteiger partial charge in [0.05, 0.1) is 0 Å². The first-order valence-corrected chi connectivity index (χ1v) is 3.47. The molecule has 0 aromatic carbocycles. The van der Waals surface area contributed by atoms with Crippen LogP contribution in [0.3, 0.4) is 0 Å². The van der Waals surface area contributed by atoms with E-state index in [0.717, 1.165) is 19.8 Å². The fraction of sp³-hybridized carbons (Fsp3) is 0.714. The van der Waals surface area contributed by atoms with Gasteiger partial charge in [-0.3, -0.25) is 4.90 Å². The van der Waals surface area contributed by atoms with Crippen molar-refractivity contribution in [2.45, 2.75) is 6.92 Å². The Kier molecular flexibility index (Phi) is 2.74. The standard InChI is InChI=1S/C7H14N2/c1-2-3-5-9-6-4-8-7-9/h2-3,8H,4-7H2,1H3/b3-2-. The highest BCUT2D eigenvalue weighted by molar-refractivity contribution is 4.82. The van der Waals surface area contributed by atoms with Crippen molar-refractivity contribution in [3.8, 4) is 0 Å². The van der Waals surface area contributed by atoms with Crippen LogP contribution < -0.4 is 5.32 Å². The third-order valence-corrected chi connectivity index (χ3v) is 1.54. The number of hydrogen-bond donors (Lipinski definition) is 1. The molecule has 0 saturated carbocycles. The number of rotatable bonds is 2. The Balaban J connectivity index is 2.11. The predicted octanol–water partition coefficient (Wildman–Crippen LogP) is 0.425. The molecule has 1 aliphatic heterocycles. The van der Waals surface area contributed by atoms with E-state index in [4.69, 9.17) is 0 Å². The Morgan fingerprint density at radius 1 is 1.67 bits per heavy atom. The van der Waals surface area contributed by atoms with Crippen LogP contribution in [-0.2, 0) is 0 Å². The van der Waals surface area contributed by atoms with E-state index < -0.39 is 0 Å². The van der Waals surface area contributed by atoms with Gasteiger partial charge in [0.1, 0.15) is 0 Å². The molecule has 1 aliphatic rings. The summed E-state index contributed by atoms with van der Waals surface area (Å²) in [6.07, 6.45) is 4.28. The fourth-order valence-corrected chi connectivity index (χ4v) is 0.964. The maximum absolute atomic E-state index is 3.27. The van der Waals surface area contributed by atoms with Crippen molar-refractivity contribution in [3.63, 3.8) is 0 Å². The van der Waals surface area contributed by atoms with E-state index in [1.807, 2.05) is 0 Å². The average Bonchev–Trinajstić information content (AvgIpc) is 2.34. The summed E-state index contributed by atoms with van der Waals surface area (Å²) in [5, 5.41) is 3.27. The van der Waals surface area contributed by atoms with Gasteiger partial charge >= 0.3 is 0 Å². The van der Waals surface area contributed by atoms with Gasteiger partial charge in [0, 0.05) is 26.3 Å². The van der Waals surface area contributed by atoms with Crippen molar-refractivity contribution in [1.82, 2.24) is 10.2 Å². The van der Waals surface area contributed by atoms with E-state index in [-0.39, 0.29) is 0 Å². The van der Waals surface area contributed by atoms with Gasteiger partial charge in [-0.25, -0.2) is 0 Å². The molecule has 0 aromatic heterocycles. The zero-order valence-corrected chi connectivity index (χ0v) is 5.93. The SMILES string of the molecule is C/C=C\CN1CCNC1. The van der Waals surface area contributed by atoms with Gasteiger partial charge in [-0.1, -0.05) is 12.2 Å². The highest BCUT2D eigenvalue weighted by Crippen LogP contribution is 1.91. The molecular weight excluding hydrogens is 112 g/mol. The molecule has 1 heterocycles. The maximum Gasteiger partial charge on any atom is 0.0484 e. The summed E-state index contributed by atoms with van der Waals surface area (Å²) in [6, 6.07) is 0. The largest absolute Gasteiger partial charge is 0.303 e. The van der Waals surface area contributed by atoms with Gasteiger partial charge in [0.2, 0.25) is 0 Å². The number of nitrogens with zero attached hydrogens (tertiary/aromatic N) is 1. The van der Waals surface area contributed by atoms with Crippen molar-refractivity contribution in [2.75, 3.05) is 26.3 Å². The summed E-state index contributed by atoms with van der Waals surface area (Å²) < 4.78 is 0. The number of hydrogen-bond acceptors (Lipinski definition) is 2. The summed E-state index contributed by atoms with van der Waals surface area (Å²) in [5.41, 5.74) is 0. The molecule has 1 rings (SSSR count). The maximum atomic E-state index is 3.27. The first kappa shape index (κ1) is 6.78. The molecule has 0 atom stereocenters. The summed E-state index contributed by atoms with van der Waals surface area (Å²) >= 11 is 0. The molecule has 2 heteroatoms. The lowest BCUT2D eigenvalue weighted by molar-refractivity contribution is 0.372. The topological polar surface area (TPSA) is 15.3 Å². The lowest BCUT2D eigenvalue weighted by atomic mass is 10.5. The van der Waals surface area contributed by atoms with Crippen LogP contribution in [0.5, 0.6) is 0 Å². The fourth-order valence-electron chi connectivity index (χ4n) is 0.964. The van der Waals surface area contributed by atoms with Crippen molar-refractivity contribution in [3.05, 3.63) is 12.2 Å². The molecule has 2 nitrogen and oxygen atoms in total. The molecule has 0 aromatic rings. The average molecular weight is 126 g/mol. The van der Waals surface area contributed by atoms with Crippen LogP contribution in [0.15, 0.2) is 12.2 Å². The first-order chi connectivity index (χ1) is 4.43. The van der Waals surface area contributed by atoms with Gasteiger partial charge in [-0.2, -0.15) is 0 Å². The molecular formula is C7H14N2. The van der Waals surface area contributed by atoms with Gasteiger partial charge < -0.3 is 5.32 Å². The van der Waals surface area contributed by atoms with Crippen molar-refractivity contribution in [1.29, 1.82) is 0 Å². The van der Waals surface area contributed by atoms with E-state index in [0.29, 0.717) is 0 Å². The van der Waals surface area contributed by atoms with Crippen molar-refractivity contribution in [2.24, 2.45) is 0 Å². The van der Waals surface area contributed by atoms with Crippen LogP contribution in [0.4, 0.5) is 0 Å². The molecule has 1 N–H and O–H groups in total. The number of nitrogens with one attached hydrogen (secondary N) is 1. The predicted molar refractivity (Wildman–Crippen MR) is 39.3 cm³/mol. The molecule has 0 aliphatic carbocycles. The third kappa shape index (κ3) is 2.16. The first-order valence-electron chi connectivity index (χ1n) is 3.47. The Labute approximate surface area is 56.5 Å². The van der Waals surface area contributed by atoms with Crippen molar-refractivity contribution < 1.29 is 0 Å². The normalized spacial score (nSPS) is 21.9. The minimum Gasteiger partial charge on any atom is -0.303 e. The van der Waals surface area contributed by atoms with Gasteiger partial charge in [-0.05, 0) is 6.92 Å². The minimum absolute atomic E-state index is 1.06. The van der Waals surface area contributed by atoms with Gasteiger partial charge in [0.25, 0.3) is 0 Å². The molecule has 0 radical (unpaired) electrons. The van der Waals surface area contributed by atoms with E-state index in [1.54, 1.807) is 0 Å². The molecule has 1 saturated heterocycles. The van der Waals surface area contributed by atoms with E-state index >= 15 is 0 Å². The molecule has 0 unspecified atom stereocenters. The Morgan fingerprint density at radius 3 is 3.11 bits per heavy atom. The number of allylic oxidation sites excluding steroid dienone is 1. The Hall–Kier alpha value is -0.340. The van der Waals surface area contributed by atoms with Crippen molar-refractivity contribution >= 4 is 0 Å². The Morgan fingerprint density at radius 2 is 2.56 bits per heavy atom. The van der Waals surface area contributed by atoms with Gasteiger partial charge in [0.15, 0.2) is 0 Å². The molecule has 1 fully saturated rings. The highest BCUT2D eigenvalue weighted by Gasteiger charge is 2.06. The van der Waals surface area contributed by atoms with Crippen LogP contribution in [0, 0.1) is 0 Å². The second-order valence-electron chi connectivity index (χ2n) is 2.30. The second-order valence-corrected chi connectivity index (χ2v) is 2.30. The quantitative estimate of drug-likeness (QED) is 0.540. The minimum atomic E-state index is 1.06. The lowest BCUT2D eigenvalue weighted by Crippen LogP contribution is -2.21. The molecule has 0 spiro atoms. The second kappa shape index (κ2) is 3.64. The van der Waals surface area contributed by atoms with Crippen LogP contribution in [0.25, 0.3) is 0 Å². The van der Waals surface area contributed by atoms with Crippen LogP contribution >= 0.6 is 0 Å². The summed E-state index contributed by atoms with van der Waals surface area (Å²) in [4.78, 5) is 2.38. The summed E-state index contributed by atoms with van der Waals surface area (Å²) in [7, 11) is 0. The van der Waals surface area contributed by atoms with E-state index in [9.17, 15) is 0 Å². The van der Waals surface area contributed by atoms with E-state index in [2.05, 4.69) is 29.3 Å².